The van der Waals surface area contributed by atoms with Gasteiger partial charge in [-0.05, 0) is 45.0 Å². The van der Waals surface area contributed by atoms with Crippen LogP contribution in [0.25, 0.3) is 0 Å². The molecule has 118 valence electrons. The summed E-state index contributed by atoms with van der Waals surface area (Å²) in [5.41, 5.74) is 2.50. The van der Waals surface area contributed by atoms with Crippen LogP contribution >= 0.6 is 23.4 Å². The van der Waals surface area contributed by atoms with Crippen molar-refractivity contribution in [1.29, 1.82) is 0 Å². The molecular weight excluding hydrogens is 321 g/mol. The normalized spacial score (nSPS) is 10.9. The summed E-state index contributed by atoms with van der Waals surface area (Å²) in [6.07, 6.45) is 0.951. The summed E-state index contributed by atoms with van der Waals surface area (Å²) in [6, 6.07) is 6.70. The monoisotopic (exact) mass is 339 g/mol. The highest BCUT2D eigenvalue weighted by atomic mass is 35.5. The van der Waals surface area contributed by atoms with E-state index in [2.05, 4.69) is 15.3 Å². The fourth-order valence-corrected chi connectivity index (χ4v) is 3.15. The minimum Gasteiger partial charge on any atom is -0.312 e. The molecule has 2 rings (SSSR count). The van der Waals surface area contributed by atoms with Gasteiger partial charge in [0.1, 0.15) is 5.82 Å². The number of thioether (sulfide) groups is 1. The molecule has 0 fully saturated rings. The molecular formula is C16H19ClFN3S. The summed E-state index contributed by atoms with van der Waals surface area (Å²) in [6.45, 7) is 5.18. The molecule has 1 aromatic heterocycles. The van der Waals surface area contributed by atoms with Crippen LogP contribution in [0.15, 0.2) is 29.4 Å². The summed E-state index contributed by atoms with van der Waals surface area (Å²) in [5.74, 6) is 0.652. The van der Waals surface area contributed by atoms with Crippen LogP contribution in [0.3, 0.4) is 0 Å². The molecule has 2 aromatic rings. The van der Waals surface area contributed by atoms with Crippen molar-refractivity contribution in [3.8, 4) is 0 Å². The van der Waals surface area contributed by atoms with Gasteiger partial charge >= 0.3 is 0 Å². The average Bonchev–Trinajstić information content (AvgIpc) is 2.44. The lowest BCUT2D eigenvalue weighted by Gasteiger charge is -2.08. The van der Waals surface area contributed by atoms with Crippen molar-refractivity contribution in [1.82, 2.24) is 15.3 Å². The standard InChI is InChI=1S/C16H19ClFN3S/c1-11-9-12(2)21-16(20-11)22-8-4-7-19-10-13-14(17)5-3-6-15(13)18/h3,5-6,9,19H,4,7-8,10H2,1-2H3. The summed E-state index contributed by atoms with van der Waals surface area (Å²) < 4.78 is 13.6. The number of halogens is 2. The van der Waals surface area contributed by atoms with Gasteiger partial charge in [-0.25, -0.2) is 14.4 Å². The van der Waals surface area contributed by atoms with Crippen LogP contribution in [0.5, 0.6) is 0 Å². The summed E-state index contributed by atoms with van der Waals surface area (Å²) in [5, 5.41) is 4.49. The van der Waals surface area contributed by atoms with E-state index in [0.29, 0.717) is 17.1 Å². The molecule has 3 nitrogen and oxygen atoms in total. The number of hydrogen-bond donors (Lipinski definition) is 1. The van der Waals surface area contributed by atoms with Gasteiger partial charge in [0.25, 0.3) is 0 Å². The summed E-state index contributed by atoms with van der Waals surface area (Å²) in [7, 11) is 0. The molecule has 0 radical (unpaired) electrons. The lowest BCUT2D eigenvalue weighted by molar-refractivity contribution is 0.587. The molecule has 1 N–H and O–H groups in total. The smallest absolute Gasteiger partial charge is 0.187 e. The first-order valence-corrected chi connectivity index (χ1v) is 8.51. The van der Waals surface area contributed by atoms with E-state index in [4.69, 9.17) is 11.6 Å². The third-order valence-corrected chi connectivity index (χ3v) is 4.34. The Labute approximate surface area is 139 Å². The van der Waals surface area contributed by atoms with E-state index in [1.165, 1.54) is 6.07 Å². The maximum Gasteiger partial charge on any atom is 0.187 e. The molecule has 0 bridgehead atoms. The zero-order chi connectivity index (χ0) is 15.9. The number of aromatic nitrogens is 2. The Kier molecular flexibility index (Phi) is 6.61. The van der Waals surface area contributed by atoms with Crippen molar-refractivity contribution < 1.29 is 4.39 Å². The molecule has 0 atom stereocenters. The predicted octanol–water partition coefficient (Wildman–Crippen LogP) is 4.16. The molecule has 6 heteroatoms. The number of aryl methyl sites for hydroxylation is 2. The molecule has 22 heavy (non-hydrogen) atoms. The first-order valence-electron chi connectivity index (χ1n) is 7.15. The number of rotatable bonds is 7. The largest absolute Gasteiger partial charge is 0.312 e. The quantitative estimate of drug-likeness (QED) is 0.467. The second-order valence-electron chi connectivity index (χ2n) is 5.01. The van der Waals surface area contributed by atoms with Crippen molar-refractivity contribution in [3.63, 3.8) is 0 Å². The van der Waals surface area contributed by atoms with Crippen LogP contribution in [0, 0.1) is 19.7 Å². The Balaban J connectivity index is 1.69. The topological polar surface area (TPSA) is 37.8 Å². The zero-order valence-electron chi connectivity index (χ0n) is 12.7. The van der Waals surface area contributed by atoms with Gasteiger partial charge in [-0.3, -0.25) is 0 Å². The maximum absolute atomic E-state index is 13.6. The van der Waals surface area contributed by atoms with Crippen molar-refractivity contribution in [2.24, 2.45) is 0 Å². The number of hydrogen-bond acceptors (Lipinski definition) is 4. The van der Waals surface area contributed by atoms with Crippen LogP contribution in [0.4, 0.5) is 4.39 Å². The second kappa shape index (κ2) is 8.46. The molecule has 0 aliphatic rings. The first kappa shape index (κ1) is 17.2. The Morgan fingerprint density at radius 3 is 2.64 bits per heavy atom. The van der Waals surface area contributed by atoms with Crippen LogP contribution in [-0.2, 0) is 6.54 Å². The molecule has 0 aliphatic carbocycles. The lowest BCUT2D eigenvalue weighted by atomic mass is 10.2. The Morgan fingerprint density at radius 2 is 1.95 bits per heavy atom. The molecule has 1 aromatic carbocycles. The van der Waals surface area contributed by atoms with Crippen molar-refractivity contribution in [2.75, 3.05) is 12.3 Å². The lowest BCUT2D eigenvalue weighted by Crippen LogP contribution is -2.16. The number of nitrogens with zero attached hydrogens (tertiary/aromatic N) is 2. The summed E-state index contributed by atoms with van der Waals surface area (Å²) in [4.78, 5) is 8.77. The second-order valence-corrected chi connectivity index (χ2v) is 6.48. The van der Waals surface area contributed by atoms with E-state index in [-0.39, 0.29) is 5.82 Å². The molecule has 0 aliphatic heterocycles. The maximum atomic E-state index is 13.6. The minimum absolute atomic E-state index is 0.266. The van der Waals surface area contributed by atoms with Gasteiger partial charge in [0.05, 0.1) is 0 Å². The minimum atomic E-state index is -0.266. The van der Waals surface area contributed by atoms with Crippen LogP contribution in [-0.4, -0.2) is 22.3 Å². The highest BCUT2D eigenvalue weighted by molar-refractivity contribution is 7.99. The average molecular weight is 340 g/mol. The van der Waals surface area contributed by atoms with Gasteiger partial charge in [0, 0.05) is 34.3 Å². The number of nitrogens with one attached hydrogen (secondary N) is 1. The van der Waals surface area contributed by atoms with E-state index in [1.807, 2.05) is 19.9 Å². The van der Waals surface area contributed by atoms with Crippen LogP contribution < -0.4 is 5.32 Å². The Morgan fingerprint density at radius 1 is 1.23 bits per heavy atom. The number of benzene rings is 1. The van der Waals surface area contributed by atoms with Crippen molar-refractivity contribution in [3.05, 3.63) is 52.1 Å². The molecule has 1 heterocycles. The van der Waals surface area contributed by atoms with Gasteiger partial charge in [-0.2, -0.15) is 0 Å². The fraction of sp³-hybridized carbons (Fsp3) is 0.375. The van der Waals surface area contributed by atoms with E-state index in [0.717, 1.165) is 35.3 Å². The van der Waals surface area contributed by atoms with E-state index < -0.39 is 0 Å². The van der Waals surface area contributed by atoms with Crippen molar-refractivity contribution >= 4 is 23.4 Å². The molecule has 0 unspecified atom stereocenters. The molecule has 0 amide bonds. The van der Waals surface area contributed by atoms with Gasteiger partial charge in [0.2, 0.25) is 0 Å². The van der Waals surface area contributed by atoms with Crippen molar-refractivity contribution in [2.45, 2.75) is 32.0 Å². The van der Waals surface area contributed by atoms with Gasteiger partial charge < -0.3 is 5.32 Å². The van der Waals surface area contributed by atoms with Gasteiger partial charge in [-0.15, -0.1) is 0 Å². The van der Waals surface area contributed by atoms with E-state index in [9.17, 15) is 4.39 Å². The highest BCUT2D eigenvalue weighted by Crippen LogP contribution is 2.18. The molecule has 0 saturated carbocycles. The van der Waals surface area contributed by atoms with E-state index >= 15 is 0 Å². The molecule has 0 spiro atoms. The third kappa shape index (κ3) is 5.23. The Hall–Kier alpha value is -1.17. The van der Waals surface area contributed by atoms with Crippen LogP contribution in [0.2, 0.25) is 5.02 Å². The summed E-state index contributed by atoms with van der Waals surface area (Å²) >= 11 is 7.62. The van der Waals surface area contributed by atoms with Gasteiger partial charge in [-0.1, -0.05) is 29.4 Å². The fourth-order valence-electron chi connectivity index (χ4n) is 2.03. The van der Waals surface area contributed by atoms with Crippen LogP contribution in [0.1, 0.15) is 23.4 Å². The highest BCUT2D eigenvalue weighted by Gasteiger charge is 2.06. The Bertz CT molecular complexity index is 596. The molecule has 0 saturated heterocycles. The van der Waals surface area contributed by atoms with Gasteiger partial charge in [0.15, 0.2) is 5.16 Å². The van der Waals surface area contributed by atoms with E-state index in [1.54, 1.807) is 23.9 Å². The first-order chi connectivity index (χ1) is 10.6. The third-order valence-electron chi connectivity index (χ3n) is 3.05. The SMILES string of the molecule is Cc1cc(C)nc(SCCCNCc2c(F)cccc2Cl)n1. The predicted molar refractivity (Wildman–Crippen MR) is 90.0 cm³/mol. The zero-order valence-corrected chi connectivity index (χ0v) is 14.3.